The molecule has 2 heterocycles. The van der Waals surface area contributed by atoms with E-state index in [9.17, 15) is 5.11 Å². The van der Waals surface area contributed by atoms with E-state index < -0.39 is 0 Å². The van der Waals surface area contributed by atoms with E-state index in [2.05, 4.69) is 14.9 Å². The summed E-state index contributed by atoms with van der Waals surface area (Å²) < 4.78 is 0. The van der Waals surface area contributed by atoms with Crippen molar-refractivity contribution < 1.29 is 5.11 Å². The van der Waals surface area contributed by atoms with Crippen LogP contribution in [0.15, 0.2) is 36.5 Å². The van der Waals surface area contributed by atoms with Crippen molar-refractivity contribution in [3.05, 3.63) is 47.8 Å². The minimum absolute atomic E-state index is 0.284. The van der Waals surface area contributed by atoms with Crippen LogP contribution in [0, 0.1) is 0 Å². The van der Waals surface area contributed by atoms with Crippen LogP contribution >= 0.6 is 0 Å². The van der Waals surface area contributed by atoms with Gasteiger partial charge in [0.2, 0.25) is 5.95 Å². The second kappa shape index (κ2) is 6.10. The maximum absolute atomic E-state index is 9.32. The Morgan fingerprint density at radius 2 is 1.86 bits per heavy atom. The molecule has 1 saturated heterocycles. The van der Waals surface area contributed by atoms with Crippen molar-refractivity contribution >= 4 is 5.95 Å². The predicted molar refractivity (Wildman–Crippen MR) is 82.4 cm³/mol. The van der Waals surface area contributed by atoms with Crippen LogP contribution in [0.25, 0.3) is 0 Å². The van der Waals surface area contributed by atoms with Crippen LogP contribution in [0.4, 0.5) is 5.95 Å². The molecule has 1 aliphatic rings. The molecule has 5 nitrogen and oxygen atoms in total. The third-order valence-electron chi connectivity index (χ3n) is 3.84. The molecule has 3 N–H and O–H groups in total. The lowest BCUT2D eigenvalue weighted by Crippen LogP contribution is -2.40. The van der Waals surface area contributed by atoms with Gasteiger partial charge in [-0.15, -0.1) is 0 Å². The Balaban J connectivity index is 1.72. The predicted octanol–water partition coefficient (Wildman–Crippen LogP) is 1.70. The summed E-state index contributed by atoms with van der Waals surface area (Å²) >= 11 is 0. The summed E-state index contributed by atoms with van der Waals surface area (Å²) in [4.78, 5) is 11.2. The molecule has 1 aliphatic heterocycles. The zero-order valence-electron chi connectivity index (χ0n) is 11.9. The SMILES string of the molecule is NC1CCN(c2nccc(Cc3ccc(O)cc3)n2)CC1. The molecule has 1 aromatic carbocycles. The molecule has 0 unspecified atom stereocenters. The van der Waals surface area contributed by atoms with Gasteiger partial charge in [-0.1, -0.05) is 12.1 Å². The Kier molecular flexibility index (Phi) is 4.01. The van der Waals surface area contributed by atoms with Crippen molar-refractivity contribution in [2.75, 3.05) is 18.0 Å². The highest BCUT2D eigenvalue weighted by molar-refractivity contribution is 5.33. The Bertz CT molecular complexity index is 591. The smallest absolute Gasteiger partial charge is 0.225 e. The molecule has 0 aliphatic carbocycles. The average Bonchev–Trinajstić information content (AvgIpc) is 2.51. The first-order valence-corrected chi connectivity index (χ1v) is 7.31. The van der Waals surface area contributed by atoms with Gasteiger partial charge in [0.15, 0.2) is 0 Å². The van der Waals surface area contributed by atoms with Gasteiger partial charge in [-0.2, -0.15) is 0 Å². The van der Waals surface area contributed by atoms with Gasteiger partial charge in [-0.3, -0.25) is 0 Å². The number of hydrogen-bond donors (Lipinski definition) is 2. The molecule has 0 bridgehead atoms. The summed E-state index contributed by atoms with van der Waals surface area (Å²) in [6.45, 7) is 1.84. The van der Waals surface area contributed by atoms with Gasteiger partial charge in [0.05, 0.1) is 5.69 Å². The number of piperidine rings is 1. The highest BCUT2D eigenvalue weighted by Gasteiger charge is 2.18. The zero-order valence-corrected chi connectivity index (χ0v) is 11.9. The summed E-state index contributed by atoms with van der Waals surface area (Å²) in [5, 5.41) is 9.32. The van der Waals surface area contributed by atoms with Crippen molar-refractivity contribution in [3.63, 3.8) is 0 Å². The topological polar surface area (TPSA) is 75.3 Å². The number of rotatable bonds is 3. The normalized spacial score (nSPS) is 16.1. The minimum Gasteiger partial charge on any atom is -0.508 e. The maximum Gasteiger partial charge on any atom is 0.225 e. The van der Waals surface area contributed by atoms with Gasteiger partial charge in [-0.25, -0.2) is 9.97 Å². The fourth-order valence-corrected chi connectivity index (χ4v) is 2.56. The number of benzene rings is 1. The molecule has 1 aromatic heterocycles. The molecule has 0 atom stereocenters. The molecule has 110 valence electrons. The molecule has 1 fully saturated rings. The quantitative estimate of drug-likeness (QED) is 0.897. The van der Waals surface area contributed by atoms with E-state index >= 15 is 0 Å². The van der Waals surface area contributed by atoms with Crippen LogP contribution in [0.1, 0.15) is 24.1 Å². The number of aromatic nitrogens is 2. The molecule has 0 amide bonds. The number of anilines is 1. The highest BCUT2D eigenvalue weighted by Crippen LogP contribution is 2.17. The standard InChI is InChI=1S/C16H20N4O/c17-13-6-9-20(10-7-13)16-18-8-5-14(19-16)11-12-1-3-15(21)4-2-12/h1-5,8,13,21H,6-7,9-11,17H2. The lowest BCUT2D eigenvalue weighted by atomic mass is 10.1. The first-order valence-electron chi connectivity index (χ1n) is 7.31. The number of phenols is 1. The van der Waals surface area contributed by atoms with E-state index in [-0.39, 0.29) is 5.75 Å². The van der Waals surface area contributed by atoms with E-state index in [0.29, 0.717) is 6.04 Å². The van der Waals surface area contributed by atoms with Crippen molar-refractivity contribution in [1.82, 2.24) is 9.97 Å². The van der Waals surface area contributed by atoms with Crippen LogP contribution in [0.5, 0.6) is 5.75 Å². The largest absolute Gasteiger partial charge is 0.508 e. The van der Waals surface area contributed by atoms with Crippen molar-refractivity contribution in [2.45, 2.75) is 25.3 Å². The van der Waals surface area contributed by atoms with E-state index in [1.165, 1.54) is 0 Å². The number of aromatic hydroxyl groups is 1. The monoisotopic (exact) mass is 284 g/mol. The van der Waals surface area contributed by atoms with Crippen LogP contribution < -0.4 is 10.6 Å². The minimum atomic E-state index is 0.284. The summed E-state index contributed by atoms with van der Waals surface area (Å²) in [7, 11) is 0. The fourth-order valence-electron chi connectivity index (χ4n) is 2.56. The third-order valence-corrected chi connectivity index (χ3v) is 3.84. The Hall–Kier alpha value is -2.14. The number of nitrogens with zero attached hydrogens (tertiary/aromatic N) is 3. The van der Waals surface area contributed by atoms with Crippen LogP contribution in [0.3, 0.4) is 0 Å². The summed E-state index contributed by atoms with van der Waals surface area (Å²) in [6, 6.07) is 9.47. The highest BCUT2D eigenvalue weighted by atomic mass is 16.3. The lowest BCUT2D eigenvalue weighted by molar-refractivity contribution is 0.475. The van der Waals surface area contributed by atoms with Crippen LogP contribution in [-0.2, 0) is 6.42 Å². The van der Waals surface area contributed by atoms with Gasteiger partial charge in [0.1, 0.15) is 5.75 Å². The molecule has 0 saturated carbocycles. The Morgan fingerprint density at radius 1 is 1.14 bits per heavy atom. The van der Waals surface area contributed by atoms with E-state index in [0.717, 1.165) is 49.6 Å². The zero-order chi connectivity index (χ0) is 14.7. The van der Waals surface area contributed by atoms with Crippen LogP contribution in [-0.4, -0.2) is 34.2 Å². The molecule has 2 aromatic rings. The molecule has 21 heavy (non-hydrogen) atoms. The Labute approximate surface area is 124 Å². The van der Waals surface area contributed by atoms with Crippen molar-refractivity contribution in [1.29, 1.82) is 0 Å². The molecular weight excluding hydrogens is 264 g/mol. The van der Waals surface area contributed by atoms with Gasteiger partial charge in [-0.05, 0) is 36.6 Å². The second-order valence-electron chi connectivity index (χ2n) is 5.52. The first kappa shape index (κ1) is 13.8. The van der Waals surface area contributed by atoms with Gasteiger partial charge in [0.25, 0.3) is 0 Å². The van der Waals surface area contributed by atoms with Crippen molar-refractivity contribution in [2.24, 2.45) is 5.73 Å². The number of nitrogens with two attached hydrogens (primary N) is 1. The third kappa shape index (κ3) is 3.49. The van der Waals surface area contributed by atoms with Gasteiger partial charge in [0, 0.05) is 31.7 Å². The van der Waals surface area contributed by atoms with E-state index in [4.69, 9.17) is 5.73 Å². The Morgan fingerprint density at radius 3 is 2.57 bits per heavy atom. The van der Waals surface area contributed by atoms with E-state index in [1.807, 2.05) is 24.4 Å². The number of hydrogen-bond acceptors (Lipinski definition) is 5. The van der Waals surface area contributed by atoms with E-state index in [1.54, 1.807) is 12.1 Å². The summed E-state index contributed by atoms with van der Waals surface area (Å²) in [6.07, 6.45) is 4.53. The van der Waals surface area contributed by atoms with Crippen LogP contribution in [0.2, 0.25) is 0 Å². The van der Waals surface area contributed by atoms with Gasteiger partial charge < -0.3 is 15.7 Å². The average molecular weight is 284 g/mol. The molecule has 5 heteroatoms. The summed E-state index contributed by atoms with van der Waals surface area (Å²) in [5.74, 6) is 1.07. The first-order chi connectivity index (χ1) is 10.2. The maximum atomic E-state index is 9.32. The van der Waals surface area contributed by atoms with Gasteiger partial charge >= 0.3 is 0 Å². The lowest BCUT2D eigenvalue weighted by Gasteiger charge is -2.30. The number of phenolic OH excluding ortho intramolecular Hbond substituents is 1. The fraction of sp³-hybridized carbons (Fsp3) is 0.375. The van der Waals surface area contributed by atoms with Crippen molar-refractivity contribution in [3.8, 4) is 5.75 Å². The second-order valence-corrected chi connectivity index (χ2v) is 5.52. The molecule has 0 spiro atoms. The molecular formula is C16H20N4O. The molecule has 0 radical (unpaired) electrons. The molecule has 3 rings (SSSR count). The summed E-state index contributed by atoms with van der Waals surface area (Å²) in [5.41, 5.74) is 8.04.